The zero-order valence-corrected chi connectivity index (χ0v) is 15.5. The number of alkyl halides is 3. The highest BCUT2D eigenvalue weighted by molar-refractivity contribution is 5.89. The van der Waals surface area contributed by atoms with Crippen LogP contribution in [0.1, 0.15) is 30.9 Å². The van der Waals surface area contributed by atoms with Gasteiger partial charge in [0.25, 0.3) is 0 Å². The van der Waals surface area contributed by atoms with E-state index in [9.17, 15) is 22.8 Å². The molecule has 1 saturated carbocycles. The number of benzene rings is 1. The second kappa shape index (κ2) is 7.96. The minimum atomic E-state index is -4.75. The summed E-state index contributed by atoms with van der Waals surface area (Å²) in [6.07, 6.45) is -3.33. The Labute approximate surface area is 160 Å². The lowest BCUT2D eigenvalue weighted by atomic mass is 10.0. The first kappa shape index (κ1) is 20.4. The van der Waals surface area contributed by atoms with Gasteiger partial charge in [0.1, 0.15) is 12.0 Å². The molecular weight excluding hydrogens is 377 g/mol. The Kier molecular flexibility index (Phi) is 5.80. The topological polar surface area (TPSA) is 82.7 Å². The SMILES string of the molecule is CN(C)C1NC(=O)CC(C(=O)N[C@@H](c2ccc(OC(F)(F)F)cc2)C2CC2)N1. The fourth-order valence-electron chi connectivity index (χ4n) is 3.17. The highest BCUT2D eigenvalue weighted by Gasteiger charge is 2.37. The lowest BCUT2D eigenvalue weighted by molar-refractivity contribution is -0.274. The molecule has 1 saturated heterocycles. The van der Waals surface area contributed by atoms with E-state index in [2.05, 4.69) is 20.7 Å². The second-order valence-electron chi connectivity index (χ2n) is 7.30. The summed E-state index contributed by atoms with van der Waals surface area (Å²) < 4.78 is 40.8. The fraction of sp³-hybridized carbons (Fsp3) is 0.556. The van der Waals surface area contributed by atoms with Crippen LogP contribution in [0.3, 0.4) is 0 Å². The Morgan fingerprint density at radius 1 is 1.25 bits per heavy atom. The molecule has 3 N–H and O–H groups in total. The van der Waals surface area contributed by atoms with Crippen molar-refractivity contribution in [1.29, 1.82) is 0 Å². The van der Waals surface area contributed by atoms with Crippen molar-refractivity contribution in [2.24, 2.45) is 5.92 Å². The van der Waals surface area contributed by atoms with Crippen molar-refractivity contribution in [2.45, 2.75) is 44.0 Å². The van der Waals surface area contributed by atoms with E-state index in [1.54, 1.807) is 19.0 Å². The number of nitrogens with zero attached hydrogens (tertiary/aromatic N) is 1. The van der Waals surface area contributed by atoms with Crippen molar-refractivity contribution >= 4 is 11.8 Å². The van der Waals surface area contributed by atoms with Crippen LogP contribution in [0.2, 0.25) is 0 Å². The quantitative estimate of drug-likeness (QED) is 0.674. The van der Waals surface area contributed by atoms with Gasteiger partial charge in [-0.1, -0.05) is 12.1 Å². The first-order chi connectivity index (χ1) is 13.1. The van der Waals surface area contributed by atoms with Crippen LogP contribution < -0.4 is 20.7 Å². The van der Waals surface area contributed by atoms with Gasteiger partial charge in [-0.3, -0.25) is 19.8 Å². The molecule has 0 bridgehead atoms. The number of ether oxygens (including phenoxy) is 1. The molecule has 2 unspecified atom stereocenters. The maximum atomic E-state index is 12.7. The maximum absolute atomic E-state index is 12.7. The summed E-state index contributed by atoms with van der Waals surface area (Å²) in [6.45, 7) is 0. The summed E-state index contributed by atoms with van der Waals surface area (Å²) in [4.78, 5) is 26.4. The van der Waals surface area contributed by atoms with Gasteiger partial charge < -0.3 is 15.4 Å². The molecule has 154 valence electrons. The molecule has 1 aromatic carbocycles. The zero-order chi connectivity index (χ0) is 20.5. The molecule has 7 nitrogen and oxygen atoms in total. The van der Waals surface area contributed by atoms with E-state index in [-0.39, 0.29) is 35.9 Å². The van der Waals surface area contributed by atoms with Crippen molar-refractivity contribution < 1.29 is 27.5 Å². The van der Waals surface area contributed by atoms with Crippen molar-refractivity contribution in [1.82, 2.24) is 20.9 Å². The summed E-state index contributed by atoms with van der Waals surface area (Å²) >= 11 is 0. The van der Waals surface area contributed by atoms with Crippen LogP contribution in [-0.2, 0) is 9.59 Å². The lowest BCUT2D eigenvalue weighted by Crippen LogP contribution is -2.65. The summed E-state index contributed by atoms with van der Waals surface area (Å²) in [5, 5.41) is 8.76. The molecule has 28 heavy (non-hydrogen) atoms. The average Bonchev–Trinajstić information content (AvgIpc) is 3.43. The summed E-state index contributed by atoms with van der Waals surface area (Å²) in [7, 11) is 3.55. The largest absolute Gasteiger partial charge is 0.573 e. The molecule has 1 aliphatic carbocycles. The van der Waals surface area contributed by atoms with Crippen LogP contribution in [0.5, 0.6) is 5.75 Å². The predicted octanol–water partition coefficient (Wildman–Crippen LogP) is 1.48. The molecule has 3 atom stereocenters. The van der Waals surface area contributed by atoms with E-state index in [0.717, 1.165) is 12.8 Å². The van der Waals surface area contributed by atoms with Crippen molar-refractivity contribution in [3.8, 4) is 5.75 Å². The van der Waals surface area contributed by atoms with Crippen molar-refractivity contribution in [3.63, 3.8) is 0 Å². The summed E-state index contributed by atoms with van der Waals surface area (Å²) in [5.41, 5.74) is 0.704. The van der Waals surface area contributed by atoms with Gasteiger partial charge in [-0.05, 0) is 50.6 Å². The van der Waals surface area contributed by atoms with Gasteiger partial charge in [0, 0.05) is 0 Å². The number of amides is 2. The molecule has 2 aliphatic rings. The third-order valence-electron chi connectivity index (χ3n) is 4.74. The maximum Gasteiger partial charge on any atom is 0.573 e. The van der Waals surface area contributed by atoms with E-state index in [1.807, 2.05) is 0 Å². The monoisotopic (exact) mass is 400 g/mol. The second-order valence-corrected chi connectivity index (χ2v) is 7.30. The molecule has 3 rings (SSSR count). The van der Waals surface area contributed by atoms with E-state index in [0.29, 0.717) is 5.56 Å². The first-order valence-electron chi connectivity index (χ1n) is 9.00. The Hall–Kier alpha value is -2.33. The molecule has 0 aromatic heterocycles. The predicted molar refractivity (Wildman–Crippen MR) is 93.9 cm³/mol. The van der Waals surface area contributed by atoms with Crippen LogP contribution >= 0.6 is 0 Å². The number of rotatable bonds is 6. The van der Waals surface area contributed by atoms with E-state index in [1.165, 1.54) is 24.3 Å². The van der Waals surface area contributed by atoms with Gasteiger partial charge in [0.2, 0.25) is 11.8 Å². The van der Waals surface area contributed by atoms with Gasteiger partial charge in [0.05, 0.1) is 18.5 Å². The van der Waals surface area contributed by atoms with Gasteiger partial charge in [-0.2, -0.15) is 0 Å². The standard InChI is InChI=1S/C18H23F3N4O3/c1-25(2)17-22-13(9-14(26)23-17)16(27)24-15(10-3-4-10)11-5-7-12(8-6-11)28-18(19,20)21/h5-8,10,13,15,17,22H,3-4,9H2,1-2H3,(H,23,26)(H,24,27)/t13?,15-,17?/m1/s1. The fourth-order valence-corrected chi connectivity index (χ4v) is 3.17. The van der Waals surface area contributed by atoms with Crippen molar-refractivity contribution in [3.05, 3.63) is 29.8 Å². The highest BCUT2D eigenvalue weighted by atomic mass is 19.4. The van der Waals surface area contributed by atoms with Gasteiger partial charge >= 0.3 is 6.36 Å². The smallest absolute Gasteiger partial charge is 0.406 e. The number of halogens is 3. The number of carbonyl (C=O) groups excluding carboxylic acids is 2. The Morgan fingerprint density at radius 2 is 1.89 bits per heavy atom. The highest BCUT2D eigenvalue weighted by Crippen LogP contribution is 2.41. The summed E-state index contributed by atoms with van der Waals surface area (Å²) in [5.74, 6) is -0.625. The first-order valence-corrected chi connectivity index (χ1v) is 9.00. The Bertz CT molecular complexity index is 720. The molecule has 10 heteroatoms. The number of nitrogens with one attached hydrogen (secondary N) is 3. The molecule has 2 amide bonds. The van der Waals surface area contributed by atoms with Crippen LogP contribution in [0.4, 0.5) is 13.2 Å². The number of hydrogen-bond donors (Lipinski definition) is 3. The van der Waals surface area contributed by atoms with Crippen LogP contribution in [-0.4, -0.2) is 49.5 Å². The average molecular weight is 400 g/mol. The molecule has 0 radical (unpaired) electrons. The normalized spacial score (nSPS) is 23.9. The molecule has 1 aromatic rings. The third kappa shape index (κ3) is 5.35. The van der Waals surface area contributed by atoms with Crippen LogP contribution in [0.15, 0.2) is 24.3 Å². The minimum Gasteiger partial charge on any atom is -0.406 e. The summed E-state index contributed by atoms with van der Waals surface area (Å²) in [6, 6.07) is 4.51. The van der Waals surface area contributed by atoms with Gasteiger partial charge in [0.15, 0.2) is 0 Å². The molecular formula is C18H23F3N4O3. The van der Waals surface area contributed by atoms with Gasteiger partial charge in [-0.25, -0.2) is 0 Å². The van der Waals surface area contributed by atoms with Crippen molar-refractivity contribution in [2.75, 3.05) is 14.1 Å². The van der Waals surface area contributed by atoms with Gasteiger partial charge in [-0.15, -0.1) is 13.2 Å². The molecule has 0 spiro atoms. The van der Waals surface area contributed by atoms with E-state index < -0.39 is 18.7 Å². The Balaban J connectivity index is 1.68. The Morgan fingerprint density at radius 3 is 2.43 bits per heavy atom. The zero-order valence-electron chi connectivity index (χ0n) is 15.5. The molecule has 2 fully saturated rings. The molecule has 1 aliphatic heterocycles. The minimum absolute atomic E-state index is 0.0198. The van der Waals surface area contributed by atoms with Crippen LogP contribution in [0, 0.1) is 5.92 Å². The lowest BCUT2D eigenvalue weighted by Gasteiger charge is -2.35. The number of carbonyl (C=O) groups is 2. The van der Waals surface area contributed by atoms with E-state index in [4.69, 9.17) is 0 Å². The third-order valence-corrected chi connectivity index (χ3v) is 4.74. The molecule has 1 heterocycles. The van der Waals surface area contributed by atoms with E-state index >= 15 is 0 Å². The van der Waals surface area contributed by atoms with Crippen LogP contribution in [0.25, 0.3) is 0 Å². The number of hydrogen-bond acceptors (Lipinski definition) is 5.